The van der Waals surface area contributed by atoms with Crippen molar-refractivity contribution in [3.8, 4) is 0 Å². The minimum absolute atomic E-state index is 0.0326. The number of halogens is 2. The van der Waals surface area contributed by atoms with Crippen LogP contribution in [0.15, 0.2) is 30.4 Å². The summed E-state index contributed by atoms with van der Waals surface area (Å²) in [7, 11) is 0. The molecule has 2 nitrogen and oxygen atoms in total. The highest BCUT2D eigenvalue weighted by Gasteiger charge is 2.11. The number of hydrazine groups is 1. The van der Waals surface area contributed by atoms with E-state index in [2.05, 4.69) is 12.0 Å². The second kappa shape index (κ2) is 5.99. The number of benzene rings is 1. The zero-order chi connectivity index (χ0) is 12.1. The minimum Gasteiger partial charge on any atom is -0.271 e. The zero-order valence-corrected chi connectivity index (χ0v) is 10.0. The molecule has 1 aromatic carbocycles. The summed E-state index contributed by atoms with van der Waals surface area (Å²) in [5, 5.41) is 0.119. The largest absolute Gasteiger partial charge is 0.271 e. The number of nitrogens with two attached hydrogens (primary N) is 1. The van der Waals surface area contributed by atoms with Crippen molar-refractivity contribution < 1.29 is 4.39 Å². The van der Waals surface area contributed by atoms with Crippen molar-refractivity contribution in [3.05, 3.63) is 46.8 Å². The topological polar surface area (TPSA) is 38.0 Å². The van der Waals surface area contributed by atoms with Gasteiger partial charge in [0.1, 0.15) is 5.82 Å². The maximum Gasteiger partial charge on any atom is 0.141 e. The zero-order valence-electron chi connectivity index (χ0n) is 9.26. The first-order valence-corrected chi connectivity index (χ1v) is 5.48. The van der Waals surface area contributed by atoms with Gasteiger partial charge in [-0.05, 0) is 37.5 Å². The van der Waals surface area contributed by atoms with Crippen LogP contribution in [0.1, 0.15) is 31.4 Å². The van der Waals surface area contributed by atoms with Crippen LogP contribution in [-0.2, 0) is 0 Å². The van der Waals surface area contributed by atoms with E-state index in [1.54, 1.807) is 12.1 Å². The summed E-state index contributed by atoms with van der Waals surface area (Å²) >= 11 is 5.72. The van der Waals surface area contributed by atoms with Gasteiger partial charge in [0.05, 0.1) is 5.02 Å². The molecule has 0 amide bonds. The molecule has 0 saturated heterocycles. The van der Waals surface area contributed by atoms with Crippen molar-refractivity contribution in [3.63, 3.8) is 0 Å². The van der Waals surface area contributed by atoms with E-state index >= 15 is 0 Å². The molecule has 0 aliphatic carbocycles. The number of nitrogens with one attached hydrogen (secondary N) is 1. The molecule has 1 rings (SSSR count). The van der Waals surface area contributed by atoms with Crippen molar-refractivity contribution >= 4 is 11.6 Å². The number of rotatable bonds is 5. The van der Waals surface area contributed by atoms with Gasteiger partial charge < -0.3 is 0 Å². The highest BCUT2D eigenvalue weighted by molar-refractivity contribution is 6.30. The standard InChI is InChI=1S/C12H16ClFN2/c1-8(2)3-6-12(16-15)9-4-5-11(14)10(13)7-9/h4-5,7,12,16H,1,3,6,15H2,2H3. The van der Waals surface area contributed by atoms with Crippen molar-refractivity contribution in [2.45, 2.75) is 25.8 Å². The Hall–Kier alpha value is -0.900. The van der Waals surface area contributed by atoms with Gasteiger partial charge in [-0.25, -0.2) is 4.39 Å². The van der Waals surface area contributed by atoms with Gasteiger partial charge in [0.15, 0.2) is 0 Å². The quantitative estimate of drug-likeness (QED) is 0.472. The highest BCUT2D eigenvalue weighted by Crippen LogP contribution is 2.24. The third kappa shape index (κ3) is 3.59. The lowest BCUT2D eigenvalue weighted by atomic mass is 10.0. The summed E-state index contributed by atoms with van der Waals surface area (Å²) in [4.78, 5) is 0. The third-order valence-corrected chi connectivity index (χ3v) is 2.70. The lowest BCUT2D eigenvalue weighted by Crippen LogP contribution is -2.28. The monoisotopic (exact) mass is 242 g/mol. The van der Waals surface area contributed by atoms with Gasteiger partial charge in [-0.2, -0.15) is 0 Å². The van der Waals surface area contributed by atoms with Crippen LogP contribution in [0.25, 0.3) is 0 Å². The van der Waals surface area contributed by atoms with E-state index in [9.17, 15) is 4.39 Å². The summed E-state index contributed by atoms with van der Waals surface area (Å²) in [5.74, 6) is 5.05. The first-order chi connectivity index (χ1) is 7.54. The van der Waals surface area contributed by atoms with Crippen LogP contribution in [0.3, 0.4) is 0 Å². The number of allylic oxidation sites excluding steroid dienone is 1. The average Bonchev–Trinajstić information content (AvgIpc) is 2.23. The van der Waals surface area contributed by atoms with Crippen LogP contribution in [0.2, 0.25) is 5.02 Å². The van der Waals surface area contributed by atoms with Crippen LogP contribution < -0.4 is 11.3 Å². The predicted molar refractivity (Wildman–Crippen MR) is 65.5 cm³/mol. The Bertz CT molecular complexity index is 379. The maximum atomic E-state index is 13.0. The SMILES string of the molecule is C=C(C)CCC(NN)c1ccc(F)c(Cl)c1. The smallest absolute Gasteiger partial charge is 0.141 e. The Morgan fingerprint density at radius 3 is 2.81 bits per heavy atom. The fraction of sp³-hybridized carbons (Fsp3) is 0.333. The minimum atomic E-state index is -0.416. The number of hydrogen-bond acceptors (Lipinski definition) is 2. The first kappa shape index (κ1) is 13.2. The van der Waals surface area contributed by atoms with Gasteiger partial charge in [-0.3, -0.25) is 11.3 Å². The molecule has 16 heavy (non-hydrogen) atoms. The molecule has 0 radical (unpaired) electrons. The second-order valence-corrected chi connectivity index (χ2v) is 4.30. The molecule has 0 aliphatic heterocycles. The molecule has 0 spiro atoms. The fourth-order valence-corrected chi connectivity index (χ4v) is 1.66. The Morgan fingerprint density at radius 1 is 1.62 bits per heavy atom. The molecule has 0 heterocycles. The molecule has 0 fully saturated rings. The molecule has 88 valence electrons. The first-order valence-electron chi connectivity index (χ1n) is 5.10. The lowest BCUT2D eigenvalue weighted by Gasteiger charge is -2.16. The van der Waals surface area contributed by atoms with Gasteiger partial charge in [-0.15, -0.1) is 6.58 Å². The van der Waals surface area contributed by atoms with Crippen molar-refractivity contribution in [2.24, 2.45) is 5.84 Å². The molecular weight excluding hydrogens is 227 g/mol. The van der Waals surface area contributed by atoms with E-state index in [1.807, 2.05) is 6.92 Å². The highest BCUT2D eigenvalue weighted by atomic mass is 35.5. The summed E-state index contributed by atoms with van der Waals surface area (Å²) in [6, 6.07) is 4.60. The van der Waals surface area contributed by atoms with Crippen molar-refractivity contribution in [1.82, 2.24) is 5.43 Å². The maximum absolute atomic E-state index is 13.0. The molecular formula is C12H16ClFN2. The molecule has 0 aromatic heterocycles. The van der Waals surface area contributed by atoms with Crippen LogP contribution in [0.5, 0.6) is 0 Å². The Balaban J connectivity index is 2.78. The van der Waals surface area contributed by atoms with Gasteiger partial charge in [-0.1, -0.05) is 23.2 Å². The molecule has 1 unspecified atom stereocenters. The van der Waals surface area contributed by atoms with Crippen LogP contribution in [0, 0.1) is 5.82 Å². The van der Waals surface area contributed by atoms with E-state index in [1.165, 1.54) is 6.07 Å². The van der Waals surface area contributed by atoms with E-state index in [0.717, 1.165) is 24.0 Å². The van der Waals surface area contributed by atoms with E-state index in [0.29, 0.717) is 0 Å². The summed E-state index contributed by atoms with van der Waals surface area (Å²) in [6.45, 7) is 5.80. The van der Waals surface area contributed by atoms with Crippen molar-refractivity contribution in [2.75, 3.05) is 0 Å². The van der Waals surface area contributed by atoms with Crippen LogP contribution in [0.4, 0.5) is 4.39 Å². The van der Waals surface area contributed by atoms with Crippen LogP contribution in [-0.4, -0.2) is 0 Å². The fourth-order valence-electron chi connectivity index (χ4n) is 1.47. The summed E-state index contributed by atoms with van der Waals surface area (Å²) in [6.07, 6.45) is 1.68. The molecule has 4 heteroatoms. The summed E-state index contributed by atoms with van der Waals surface area (Å²) in [5.41, 5.74) is 4.67. The van der Waals surface area contributed by atoms with E-state index in [4.69, 9.17) is 17.4 Å². The molecule has 3 N–H and O–H groups in total. The Labute approximate surface area is 100 Å². The summed E-state index contributed by atoms with van der Waals surface area (Å²) < 4.78 is 13.0. The van der Waals surface area contributed by atoms with E-state index in [-0.39, 0.29) is 11.1 Å². The molecule has 0 saturated carbocycles. The average molecular weight is 243 g/mol. The van der Waals surface area contributed by atoms with Gasteiger partial charge in [0, 0.05) is 6.04 Å². The van der Waals surface area contributed by atoms with Gasteiger partial charge >= 0.3 is 0 Å². The Morgan fingerprint density at radius 2 is 2.31 bits per heavy atom. The Kier molecular flexibility index (Phi) is 4.93. The second-order valence-electron chi connectivity index (χ2n) is 3.89. The normalized spacial score (nSPS) is 12.5. The van der Waals surface area contributed by atoms with Gasteiger partial charge in [0.25, 0.3) is 0 Å². The lowest BCUT2D eigenvalue weighted by molar-refractivity contribution is 0.514. The molecule has 1 atom stereocenters. The molecule has 1 aromatic rings. The molecule has 0 bridgehead atoms. The number of hydrogen-bond donors (Lipinski definition) is 2. The van der Waals surface area contributed by atoms with Crippen LogP contribution >= 0.6 is 11.6 Å². The third-order valence-electron chi connectivity index (χ3n) is 2.41. The van der Waals surface area contributed by atoms with E-state index < -0.39 is 5.82 Å². The van der Waals surface area contributed by atoms with Gasteiger partial charge in [0.2, 0.25) is 0 Å². The predicted octanol–water partition coefficient (Wildman–Crippen LogP) is 3.34. The van der Waals surface area contributed by atoms with Crippen molar-refractivity contribution in [1.29, 1.82) is 0 Å². The molecule has 0 aliphatic rings.